The van der Waals surface area contributed by atoms with Crippen molar-refractivity contribution in [3.05, 3.63) is 66.7 Å². The Morgan fingerprint density at radius 2 is 1.89 bits per heavy atom. The molecule has 0 spiro atoms. The van der Waals surface area contributed by atoms with Gasteiger partial charge in [-0.1, -0.05) is 12.1 Å². The highest BCUT2D eigenvalue weighted by atomic mass is 19.1. The zero-order chi connectivity index (χ0) is 24.6. The first-order valence-electron chi connectivity index (χ1n) is 11.5. The van der Waals surface area contributed by atoms with Crippen LogP contribution in [-0.2, 0) is 0 Å². The number of imidazole rings is 1. The number of hydrogen-bond donors (Lipinski definition) is 3. The van der Waals surface area contributed by atoms with Crippen molar-refractivity contribution in [2.75, 3.05) is 27.2 Å². The fourth-order valence-electron chi connectivity index (χ4n) is 4.14. The predicted molar refractivity (Wildman–Crippen MR) is 136 cm³/mol. The van der Waals surface area contributed by atoms with Gasteiger partial charge in [-0.3, -0.25) is 10.2 Å². The van der Waals surface area contributed by atoms with Crippen molar-refractivity contribution in [3.63, 3.8) is 0 Å². The van der Waals surface area contributed by atoms with E-state index in [-0.39, 0.29) is 5.82 Å². The Hall–Kier alpha value is -4.57. The quantitative estimate of drug-likeness (QED) is 0.306. The summed E-state index contributed by atoms with van der Waals surface area (Å²) in [5, 5.41) is 14.3. The minimum atomic E-state index is -0.366. The third-order valence-corrected chi connectivity index (χ3v) is 5.93. The number of nitrogens with one attached hydrogen (secondary N) is 3. The van der Waals surface area contributed by atoms with Gasteiger partial charge in [0.25, 0.3) is 0 Å². The average Bonchev–Trinajstić information content (AvgIpc) is 3.62. The van der Waals surface area contributed by atoms with Gasteiger partial charge in [0.05, 0.1) is 28.4 Å². The summed E-state index contributed by atoms with van der Waals surface area (Å²) < 4.78 is 20.3. The van der Waals surface area contributed by atoms with Crippen LogP contribution in [0.5, 0.6) is 5.75 Å². The summed E-state index contributed by atoms with van der Waals surface area (Å²) >= 11 is 0. The van der Waals surface area contributed by atoms with Crippen LogP contribution in [-0.4, -0.2) is 67.5 Å². The van der Waals surface area contributed by atoms with Gasteiger partial charge >= 0.3 is 0 Å². The lowest BCUT2D eigenvalue weighted by molar-refractivity contribution is 0.260. The Kier molecular flexibility index (Phi) is 5.42. The molecule has 0 atom stereocenters. The molecule has 9 nitrogen and oxygen atoms in total. The van der Waals surface area contributed by atoms with Crippen molar-refractivity contribution >= 4 is 22.1 Å². The molecule has 0 radical (unpaired) electrons. The van der Waals surface area contributed by atoms with Crippen LogP contribution < -0.4 is 4.74 Å². The Morgan fingerprint density at radius 3 is 2.72 bits per heavy atom. The van der Waals surface area contributed by atoms with Gasteiger partial charge < -0.3 is 14.6 Å². The van der Waals surface area contributed by atoms with E-state index in [1.807, 2.05) is 55.4 Å². The molecule has 0 fully saturated rings. The monoisotopic (exact) mass is 482 g/mol. The standard InChI is InChI=1S/C26H23FN8O/c1-35(2)8-9-36-18-11-15(10-17(27)12-18)19-4-3-5-21-23(19)32-26(31-21)25-24-22(33-34-25)7-6-20(30-24)16-13-28-29-14-16/h3-7,10-14H,8-9H2,1-2H3,(H,28,29)(H,31,32)(H,33,34). The summed E-state index contributed by atoms with van der Waals surface area (Å²) in [6.07, 6.45) is 3.51. The number of para-hydroxylation sites is 1. The molecule has 180 valence electrons. The molecule has 10 heteroatoms. The van der Waals surface area contributed by atoms with E-state index in [1.165, 1.54) is 12.1 Å². The second-order valence-electron chi connectivity index (χ2n) is 8.77. The highest BCUT2D eigenvalue weighted by Crippen LogP contribution is 2.33. The minimum Gasteiger partial charge on any atom is -0.492 e. The summed E-state index contributed by atoms with van der Waals surface area (Å²) in [6, 6.07) is 14.3. The molecule has 0 amide bonds. The van der Waals surface area contributed by atoms with Crippen LogP contribution in [0.25, 0.3) is 56.0 Å². The lowest BCUT2D eigenvalue weighted by Crippen LogP contribution is -2.19. The maximum atomic E-state index is 14.5. The Morgan fingerprint density at radius 1 is 0.972 bits per heavy atom. The summed E-state index contributed by atoms with van der Waals surface area (Å²) in [5.41, 5.74) is 6.74. The minimum absolute atomic E-state index is 0.366. The van der Waals surface area contributed by atoms with E-state index >= 15 is 0 Å². The highest BCUT2D eigenvalue weighted by Gasteiger charge is 2.17. The van der Waals surface area contributed by atoms with Gasteiger partial charge in [0.2, 0.25) is 0 Å². The van der Waals surface area contributed by atoms with E-state index < -0.39 is 0 Å². The van der Waals surface area contributed by atoms with Crippen molar-refractivity contribution in [1.29, 1.82) is 0 Å². The zero-order valence-electron chi connectivity index (χ0n) is 19.7. The number of H-pyrrole nitrogens is 3. The summed E-state index contributed by atoms with van der Waals surface area (Å²) in [7, 11) is 3.93. The second-order valence-corrected chi connectivity index (χ2v) is 8.77. The summed E-state index contributed by atoms with van der Waals surface area (Å²) in [5.74, 6) is 0.683. The second kappa shape index (κ2) is 8.90. The molecule has 4 heterocycles. The number of halogens is 1. The Balaban J connectivity index is 1.41. The van der Waals surface area contributed by atoms with Gasteiger partial charge in [0.1, 0.15) is 23.7 Å². The van der Waals surface area contributed by atoms with Gasteiger partial charge in [-0.2, -0.15) is 10.2 Å². The number of fused-ring (bicyclic) bond motifs is 2. The number of ether oxygens (including phenoxy) is 1. The summed E-state index contributed by atoms with van der Waals surface area (Å²) in [6.45, 7) is 1.20. The van der Waals surface area contributed by atoms with Crippen molar-refractivity contribution in [2.45, 2.75) is 0 Å². The third kappa shape index (κ3) is 4.07. The molecule has 36 heavy (non-hydrogen) atoms. The maximum absolute atomic E-state index is 14.5. The number of aromatic nitrogens is 7. The first-order chi connectivity index (χ1) is 17.5. The molecule has 0 aliphatic rings. The number of rotatable bonds is 7. The van der Waals surface area contributed by atoms with Crippen LogP contribution in [0.2, 0.25) is 0 Å². The smallest absolute Gasteiger partial charge is 0.161 e. The first-order valence-corrected chi connectivity index (χ1v) is 11.5. The molecule has 0 bridgehead atoms. The molecular formula is C26H23FN8O. The van der Waals surface area contributed by atoms with Gasteiger partial charge in [-0.05, 0) is 50.0 Å². The third-order valence-electron chi connectivity index (χ3n) is 5.93. The molecule has 0 aliphatic carbocycles. The molecule has 3 N–H and O–H groups in total. The molecule has 0 saturated carbocycles. The van der Waals surface area contributed by atoms with Crippen LogP contribution in [0.15, 0.2) is 60.9 Å². The largest absolute Gasteiger partial charge is 0.492 e. The zero-order valence-corrected chi connectivity index (χ0v) is 19.7. The van der Waals surface area contributed by atoms with Gasteiger partial charge in [-0.25, -0.2) is 14.4 Å². The van der Waals surface area contributed by atoms with Gasteiger partial charge in [-0.15, -0.1) is 0 Å². The first kappa shape index (κ1) is 21.9. The number of nitrogens with zero attached hydrogens (tertiary/aromatic N) is 5. The van der Waals surface area contributed by atoms with Crippen LogP contribution in [0.4, 0.5) is 4.39 Å². The van der Waals surface area contributed by atoms with E-state index in [9.17, 15) is 4.39 Å². The molecule has 4 aromatic heterocycles. The molecule has 2 aromatic carbocycles. The summed E-state index contributed by atoms with van der Waals surface area (Å²) in [4.78, 5) is 15.0. The van der Waals surface area contributed by atoms with E-state index in [2.05, 4.69) is 25.4 Å². The Labute approximate surface area is 205 Å². The normalized spacial score (nSPS) is 11.7. The van der Waals surface area contributed by atoms with Crippen molar-refractivity contribution in [3.8, 4) is 39.7 Å². The predicted octanol–water partition coefficient (Wildman–Crippen LogP) is 4.64. The van der Waals surface area contributed by atoms with Crippen LogP contribution >= 0.6 is 0 Å². The Bertz CT molecular complexity index is 1670. The lowest BCUT2D eigenvalue weighted by atomic mass is 10.0. The van der Waals surface area contributed by atoms with Crippen LogP contribution in [0.3, 0.4) is 0 Å². The topological polar surface area (TPSA) is 111 Å². The number of likely N-dealkylation sites (N-methyl/N-ethyl adjacent to an activating group) is 1. The maximum Gasteiger partial charge on any atom is 0.161 e. The molecule has 0 aliphatic heterocycles. The molecular weight excluding hydrogens is 459 g/mol. The van der Waals surface area contributed by atoms with E-state index in [4.69, 9.17) is 14.7 Å². The van der Waals surface area contributed by atoms with Crippen molar-refractivity contribution in [1.82, 2.24) is 40.2 Å². The number of hydrogen-bond acceptors (Lipinski definition) is 6. The average molecular weight is 483 g/mol. The van der Waals surface area contributed by atoms with Gasteiger partial charge in [0.15, 0.2) is 11.5 Å². The van der Waals surface area contributed by atoms with Crippen molar-refractivity contribution in [2.24, 2.45) is 0 Å². The van der Waals surface area contributed by atoms with Crippen LogP contribution in [0, 0.1) is 5.82 Å². The fourth-order valence-corrected chi connectivity index (χ4v) is 4.14. The fraction of sp³-hybridized carbons (Fsp3) is 0.154. The van der Waals surface area contributed by atoms with Crippen molar-refractivity contribution < 1.29 is 9.13 Å². The van der Waals surface area contributed by atoms with E-state index in [0.717, 1.165) is 34.4 Å². The van der Waals surface area contributed by atoms with E-state index in [0.29, 0.717) is 40.5 Å². The highest BCUT2D eigenvalue weighted by molar-refractivity contribution is 5.96. The molecule has 0 saturated heterocycles. The molecule has 0 unspecified atom stereocenters. The SMILES string of the molecule is CN(C)CCOc1cc(F)cc(-c2cccc3[nH]c(-c4n[nH]c5ccc(-c6cn[nH]c6)nc45)nc23)c1. The van der Waals surface area contributed by atoms with Gasteiger partial charge in [0, 0.05) is 29.9 Å². The molecule has 6 rings (SSSR count). The molecule has 6 aromatic rings. The number of benzene rings is 2. The number of pyridine rings is 1. The van der Waals surface area contributed by atoms with Crippen LogP contribution in [0.1, 0.15) is 0 Å². The lowest BCUT2D eigenvalue weighted by Gasteiger charge is -2.12. The number of aromatic amines is 3. The van der Waals surface area contributed by atoms with E-state index in [1.54, 1.807) is 12.4 Å².